The lowest BCUT2D eigenvalue weighted by Gasteiger charge is -2.10. The molecule has 7 heteroatoms. The van der Waals surface area contributed by atoms with Crippen LogP contribution in [0.25, 0.3) is 0 Å². The quantitative estimate of drug-likeness (QED) is 0.849. The summed E-state index contributed by atoms with van der Waals surface area (Å²) in [5.41, 5.74) is -0.0871. The summed E-state index contributed by atoms with van der Waals surface area (Å²) in [6, 6.07) is 7.25. The first-order valence-electron chi connectivity index (χ1n) is 5.97. The number of carbonyl (C=O) groups is 2. The second-order valence-corrected chi connectivity index (χ2v) is 4.04. The fraction of sp³-hybridized carbons (Fsp3) is 0.0714. The molecule has 0 atom stereocenters. The number of halogens is 2. The lowest BCUT2D eigenvalue weighted by molar-refractivity contribution is 0.0964. The molecule has 0 aliphatic carbocycles. The van der Waals surface area contributed by atoms with Gasteiger partial charge in [0.15, 0.2) is 5.82 Å². The molecule has 2 aromatic rings. The zero-order valence-corrected chi connectivity index (χ0v) is 11.0. The Morgan fingerprint density at radius 3 is 2.48 bits per heavy atom. The van der Waals surface area contributed by atoms with Crippen molar-refractivity contribution in [1.29, 1.82) is 0 Å². The molecular weight excluding hydrogens is 280 g/mol. The van der Waals surface area contributed by atoms with Crippen molar-refractivity contribution in [1.82, 2.24) is 10.3 Å². The molecule has 0 aliphatic heterocycles. The van der Waals surface area contributed by atoms with Crippen molar-refractivity contribution >= 4 is 17.5 Å². The van der Waals surface area contributed by atoms with Gasteiger partial charge in [-0.05, 0) is 18.2 Å². The maximum atomic E-state index is 13.5. The van der Waals surface area contributed by atoms with E-state index in [1.165, 1.54) is 19.2 Å². The number of nitrogens with zero attached hydrogens (tertiary/aromatic N) is 1. The third kappa shape index (κ3) is 3.02. The van der Waals surface area contributed by atoms with Crippen LogP contribution < -0.4 is 10.6 Å². The molecule has 0 spiro atoms. The van der Waals surface area contributed by atoms with Gasteiger partial charge in [0.2, 0.25) is 5.95 Å². The smallest absolute Gasteiger partial charge is 0.258 e. The summed E-state index contributed by atoms with van der Waals surface area (Å²) in [4.78, 5) is 26.7. The minimum atomic E-state index is -1.36. The molecule has 21 heavy (non-hydrogen) atoms. The summed E-state index contributed by atoms with van der Waals surface area (Å²) in [6.45, 7) is 0. The van der Waals surface area contributed by atoms with Crippen LogP contribution in [0.15, 0.2) is 36.5 Å². The number of carbonyl (C=O) groups excluding carboxylic acids is 2. The normalized spacial score (nSPS) is 10.0. The second-order valence-electron chi connectivity index (χ2n) is 4.04. The predicted molar refractivity (Wildman–Crippen MR) is 71.9 cm³/mol. The topological polar surface area (TPSA) is 71.1 Å². The van der Waals surface area contributed by atoms with Crippen molar-refractivity contribution in [2.24, 2.45) is 0 Å². The van der Waals surface area contributed by atoms with Crippen molar-refractivity contribution in [3.63, 3.8) is 0 Å². The highest BCUT2D eigenvalue weighted by Crippen LogP contribution is 2.17. The Morgan fingerprint density at radius 2 is 1.76 bits per heavy atom. The molecule has 0 bridgehead atoms. The Balaban J connectivity index is 2.32. The fourth-order valence-electron chi connectivity index (χ4n) is 1.71. The van der Waals surface area contributed by atoms with Crippen molar-refractivity contribution in [2.45, 2.75) is 0 Å². The van der Waals surface area contributed by atoms with Gasteiger partial charge in [-0.3, -0.25) is 9.59 Å². The molecule has 2 amide bonds. The Kier molecular flexibility index (Phi) is 4.22. The van der Waals surface area contributed by atoms with Gasteiger partial charge in [-0.1, -0.05) is 12.1 Å². The van der Waals surface area contributed by atoms with E-state index in [0.717, 1.165) is 12.3 Å². The number of aromatic nitrogens is 1. The molecule has 1 aromatic carbocycles. The van der Waals surface area contributed by atoms with E-state index >= 15 is 0 Å². The highest BCUT2D eigenvalue weighted by Gasteiger charge is 2.18. The van der Waals surface area contributed by atoms with Gasteiger partial charge in [-0.15, -0.1) is 0 Å². The Morgan fingerprint density at radius 1 is 1.05 bits per heavy atom. The summed E-state index contributed by atoms with van der Waals surface area (Å²) in [5, 5.41) is 4.80. The summed E-state index contributed by atoms with van der Waals surface area (Å²) in [6.07, 6.45) is 0.984. The highest BCUT2D eigenvalue weighted by molar-refractivity contribution is 6.09. The number of hydrogen-bond acceptors (Lipinski definition) is 3. The molecule has 1 aromatic heterocycles. The highest BCUT2D eigenvalue weighted by atomic mass is 19.2. The Bertz CT molecular complexity index is 704. The maximum absolute atomic E-state index is 13.5. The second kappa shape index (κ2) is 6.08. The Hall–Kier alpha value is -2.83. The largest absolute Gasteiger partial charge is 0.355 e. The van der Waals surface area contributed by atoms with Gasteiger partial charge in [0.1, 0.15) is 0 Å². The van der Waals surface area contributed by atoms with Crippen molar-refractivity contribution in [2.75, 3.05) is 12.4 Å². The third-order valence-corrected chi connectivity index (χ3v) is 2.74. The van der Waals surface area contributed by atoms with Crippen LogP contribution in [0, 0.1) is 11.8 Å². The Labute approximate surface area is 119 Å². The van der Waals surface area contributed by atoms with Crippen LogP contribution in [0.4, 0.5) is 14.5 Å². The van der Waals surface area contributed by atoms with Gasteiger partial charge < -0.3 is 10.6 Å². The molecule has 2 N–H and O–H groups in total. The van der Waals surface area contributed by atoms with E-state index in [0.29, 0.717) is 0 Å². The van der Waals surface area contributed by atoms with Crippen LogP contribution in [-0.4, -0.2) is 23.8 Å². The van der Waals surface area contributed by atoms with Crippen LogP contribution in [0.2, 0.25) is 0 Å². The minimum absolute atomic E-state index is 0.193. The first kappa shape index (κ1) is 14.6. The van der Waals surface area contributed by atoms with Gasteiger partial charge in [0.25, 0.3) is 11.8 Å². The lowest BCUT2D eigenvalue weighted by atomic mass is 10.1. The SMILES string of the molecule is CNC(=O)c1ccccc1NC(=O)c1ccnc(F)c1F. The zero-order valence-electron chi connectivity index (χ0n) is 11.0. The van der Waals surface area contributed by atoms with Crippen molar-refractivity contribution in [3.8, 4) is 0 Å². The molecule has 1 heterocycles. The van der Waals surface area contributed by atoms with Crippen LogP contribution in [-0.2, 0) is 0 Å². The molecule has 0 saturated heterocycles. The first-order valence-corrected chi connectivity index (χ1v) is 5.97. The van der Waals surface area contributed by atoms with E-state index in [1.54, 1.807) is 12.1 Å². The van der Waals surface area contributed by atoms with Gasteiger partial charge in [-0.25, -0.2) is 9.37 Å². The monoisotopic (exact) mass is 291 g/mol. The summed E-state index contributed by atoms with van der Waals surface area (Å²) in [7, 11) is 1.44. The standard InChI is InChI=1S/C14H11F2N3O2/c1-17-13(20)8-4-2-3-5-10(8)19-14(21)9-6-7-18-12(16)11(9)15/h2-7H,1H3,(H,17,20)(H,19,21). The summed E-state index contributed by atoms with van der Waals surface area (Å²) >= 11 is 0. The zero-order chi connectivity index (χ0) is 15.4. The van der Waals surface area contributed by atoms with Crippen LogP contribution >= 0.6 is 0 Å². The molecule has 0 radical (unpaired) electrons. The van der Waals surface area contributed by atoms with Crippen LogP contribution in [0.3, 0.4) is 0 Å². The van der Waals surface area contributed by atoms with Gasteiger partial charge >= 0.3 is 0 Å². The molecule has 5 nitrogen and oxygen atoms in total. The fourth-order valence-corrected chi connectivity index (χ4v) is 1.71. The van der Waals surface area contributed by atoms with Crippen molar-refractivity contribution in [3.05, 3.63) is 59.4 Å². The van der Waals surface area contributed by atoms with E-state index in [1.807, 2.05) is 0 Å². The number of pyridine rings is 1. The van der Waals surface area contributed by atoms with E-state index in [2.05, 4.69) is 15.6 Å². The van der Waals surface area contributed by atoms with E-state index in [9.17, 15) is 18.4 Å². The van der Waals surface area contributed by atoms with Gasteiger partial charge in [0, 0.05) is 13.2 Å². The number of rotatable bonds is 3. The molecule has 0 unspecified atom stereocenters. The first-order chi connectivity index (χ1) is 10.0. The van der Waals surface area contributed by atoms with Gasteiger partial charge in [-0.2, -0.15) is 4.39 Å². The number of nitrogens with one attached hydrogen (secondary N) is 2. The molecule has 0 saturated carbocycles. The predicted octanol–water partition coefficient (Wildman–Crippen LogP) is 1.97. The van der Waals surface area contributed by atoms with Crippen molar-refractivity contribution < 1.29 is 18.4 Å². The number of benzene rings is 1. The molecule has 0 fully saturated rings. The minimum Gasteiger partial charge on any atom is -0.355 e. The summed E-state index contributed by atoms with van der Waals surface area (Å²) in [5.74, 6) is -3.98. The number of hydrogen-bond donors (Lipinski definition) is 2. The maximum Gasteiger partial charge on any atom is 0.258 e. The molecule has 0 aliphatic rings. The lowest BCUT2D eigenvalue weighted by Crippen LogP contribution is -2.22. The van der Waals surface area contributed by atoms with Crippen LogP contribution in [0.5, 0.6) is 0 Å². The van der Waals surface area contributed by atoms with Gasteiger partial charge in [0.05, 0.1) is 16.8 Å². The third-order valence-electron chi connectivity index (χ3n) is 2.74. The molecule has 108 valence electrons. The van der Waals surface area contributed by atoms with Crippen LogP contribution in [0.1, 0.15) is 20.7 Å². The number of para-hydroxylation sites is 1. The number of anilines is 1. The molecular formula is C14H11F2N3O2. The summed E-state index contributed by atoms with van der Waals surface area (Å²) < 4.78 is 26.5. The van der Waals surface area contributed by atoms with E-state index < -0.39 is 29.1 Å². The average molecular weight is 291 g/mol. The van der Waals surface area contributed by atoms with E-state index in [4.69, 9.17) is 0 Å². The molecule has 2 rings (SSSR count). The number of amides is 2. The average Bonchev–Trinajstić information content (AvgIpc) is 2.49. The van der Waals surface area contributed by atoms with E-state index in [-0.39, 0.29) is 11.3 Å².